The van der Waals surface area contributed by atoms with Crippen LogP contribution < -0.4 is 0 Å². The lowest BCUT2D eigenvalue weighted by molar-refractivity contribution is -0.132. The first-order valence-corrected chi connectivity index (χ1v) is 7.60. The summed E-state index contributed by atoms with van der Waals surface area (Å²) in [5.41, 5.74) is 3.39. The van der Waals surface area contributed by atoms with E-state index in [9.17, 15) is 9.59 Å². The predicted molar refractivity (Wildman–Crippen MR) is 83.8 cm³/mol. The molecule has 0 saturated heterocycles. The number of carboxylic acids is 1. The quantitative estimate of drug-likeness (QED) is 0.915. The number of hydrogen-bond acceptors (Lipinski definition) is 2. The summed E-state index contributed by atoms with van der Waals surface area (Å²) in [5, 5.41) is 10.1. The summed E-state index contributed by atoms with van der Waals surface area (Å²) in [5.74, 6) is -0.416. The molecule has 1 amide bonds. The Hall–Kier alpha value is -2.30. The van der Waals surface area contributed by atoms with Crippen LogP contribution in [0.2, 0.25) is 0 Å². The van der Waals surface area contributed by atoms with E-state index < -0.39 is 5.97 Å². The van der Waals surface area contributed by atoms with Gasteiger partial charge in [-0.2, -0.15) is 0 Å². The molecule has 0 spiro atoms. The fourth-order valence-electron chi connectivity index (χ4n) is 3.04. The number of amides is 1. The van der Waals surface area contributed by atoms with E-state index in [0.29, 0.717) is 18.9 Å². The van der Waals surface area contributed by atoms with Crippen LogP contribution in [0.1, 0.15) is 41.9 Å². The molecule has 3 rings (SSSR count). The van der Waals surface area contributed by atoms with Gasteiger partial charge >= 0.3 is 5.97 Å². The van der Waals surface area contributed by atoms with Gasteiger partial charge in [0.25, 0.3) is 0 Å². The van der Waals surface area contributed by atoms with Gasteiger partial charge in [0.05, 0.1) is 5.56 Å². The first kappa shape index (κ1) is 14.6. The number of nitrogens with one attached hydrogen (secondary N) is 1. The zero-order valence-electron chi connectivity index (χ0n) is 12.8. The van der Waals surface area contributed by atoms with Crippen molar-refractivity contribution in [2.75, 3.05) is 6.54 Å². The van der Waals surface area contributed by atoms with E-state index in [2.05, 4.69) is 4.98 Å². The highest BCUT2D eigenvalue weighted by Gasteiger charge is 2.24. The average Bonchev–Trinajstić information content (AvgIpc) is 2.83. The second-order valence-electron chi connectivity index (χ2n) is 6.31. The number of hydrogen-bond donors (Lipinski definition) is 2. The third kappa shape index (κ3) is 2.58. The lowest BCUT2D eigenvalue weighted by Gasteiger charge is -2.28. The first-order valence-electron chi connectivity index (χ1n) is 7.60. The van der Waals surface area contributed by atoms with Gasteiger partial charge in [-0.3, -0.25) is 4.79 Å². The number of H-pyrrole nitrogens is 1. The summed E-state index contributed by atoms with van der Waals surface area (Å²) in [6.45, 7) is 5.36. The molecule has 116 valence electrons. The maximum atomic E-state index is 12.3. The Bertz CT molecular complexity index is 746. The number of carbonyl (C=O) groups excluding carboxylic acids is 1. The molecule has 1 aliphatic rings. The molecule has 0 radical (unpaired) electrons. The van der Waals surface area contributed by atoms with Gasteiger partial charge in [-0.25, -0.2) is 4.79 Å². The van der Waals surface area contributed by atoms with Crippen molar-refractivity contribution in [3.63, 3.8) is 0 Å². The smallest absolute Gasteiger partial charge is 0.335 e. The molecule has 1 aliphatic heterocycles. The maximum Gasteiger partial charge on any atom is 0.335 e. The van der Waals surface area contributed by atoms with E-state index in [4.69, 9.17) is 5.11 Å². The lowest BCUT2D eigenvalue weighted by atomic mass is 10.0. The molecule has 22 heavy (non-hydrogen) atoms. The van der Waals surface area contributed by atoms with Crippen molar-refractivity contribution in [3.05, 3.63) is 35.0 Å². The van der Waals surface area contributed by atoms with Gasteiger partial charge in [0.1, 0.15) is 0 Å². The van der Waals surface area contributed by atoms with E-state index in [0.717, 1.165) is 35.1 Å². The highest BCUT2D eigenvalue weighted by molar-refractivity contribution is 5.95. The van der Waals surface area contributed by atoms with Crippen molar-refractivity contribution >= 4 is 22.8 Å². The van der Waals surface area contributed by atoms with Gasteiger partial charge in [0.15, 0.2) is 0 Å². The molecule has 0 bridgehead atoms. The molecule has 1 aromatic carbocycles. The predicted octanol–water partition coefficient (Wildman–Crippen LogP) is 2.80. The lowest BCUT2D eigenvalue weighted by Crippen LogP contribution is -2.36. The summed E-state index contributed by atoms with van der Waals surface area (Å²) in [6.07, 6.45) is 1.34. The standard InChI is InChI=1S/C17H20N2O3/c1-10(2)7-16(20)19-6-5-15-13(9-19)12-8-11(17(21)22)3-4-14(12)18-15/h3-4,8,10,18H,5-7,9H2,1-2H3,(H,21,22). The van der Waals surface area contributed by atoms with Crippen LogP contribution in [0.25, 0.3) is 10.9 Å². The van der Waals surface area contributed by atoms with Gasteiger partial charge in [0.2, 0.25) is 5.91 Å². The van der Waals surface area contributed by atoms with Crippen LogP contribution in [0.5, 0.6) is 0 Å². The molecule has 2 N–H and O–H groups in total. The highest BCUT2D eigenvalue weighted by Crippen LogP contribution is 2.29. The summed E-state index contributed by atoms with van der Waals surface area (Å²) in [4.78, 5) is 28.7. The number of fused-ring (bicyclic) bond motifs is 3. The molecular formula is C17H20N2O3. The van der Waals surface area contributed by atoms with E-state index >= 15 is 0 Å². The number of aromatic carboxylic acids is 1. The minimum absolute atomic E-state index is 0.171. The Labute approximate surface area is 128 Å². The normalized spacial score (nSPS) is 14.4. The van der Waals surface area contributed by atoms with Crippen molar-refractivity contribution < 1.29 is 14.7 Å². The van der Waals surface area contributed by atoms with Gasteiger partial charge in [-0.05, 0) is 24.1 Å². The molecule has 0 unspecified atom stereocenters. The van der Waals surface area contributed by atoms with E-state index in [1.807, 2.05) is 18.7 Å². The largest absolute Gasteiger partial charge is 0.478 e. The Morgan fingerprint density at radius 1 is 1.36 bits per heavy atom. The van der Waals surface area contributed by atoms with Crippen LogP contribution in [-0.4, -0.2) is 33.4 Å². The van der Waals surface area contributed by atoms with Gasteiger partial charge in [-0.15, -0.1) is 0 Å². The number of nitrogens with zero attached hydrogens (tertiary/aromatic N) is 1. The van der Waals surface area contributed by atoms with E-state index in [-0.39, 0.29) is 11.5 Å². The molecule has 0 atom stereocenters. The minimum atomic E-state index is -0.930. The van der Waals surface area contributed by atoms with Crippen molar-refractivity contribution in [1.29, 1.82) is 0 Å². The highest BCUT2D eigenvalue weighted by atomic mass is 16.4. The second-order valence-corrected chi connectivity index (χ2v) is 6.31. The SMILES string of the molecule is CC(C)CC(=O)N1CCc2[nH]c3ccc(C(=O)O)cc3c2C1. The molecule has 1 aromatic heterocycles. The van der Waals surface area contributed by atoms with E-state index in [1.165, 1.54) is 0 Å². The molecule has 2 aromatic rings. The van der Waals surface area contributed by atoms with Crippen LogP contribution in [0.15, 0.2) is 18.2 Å². The second kappa shape index (κ2) is 5.48. The fraction of sp³-hybridized carbons (Fsp3) is 0.412. The Balaban J connectivity index is 1.95. The Kier molecular flexibility index (Phi) is 3.64. The third-order valence-electron chi connectivity index (χ3n) is 4.16. The third-order valence-corrected chi connectivity index (χ3v) is 4.16. The van der Waals surface area contributed by atoms with Crippen LogP contribution >= 0.6 is 0 Å². The number of aromatic amines is 1. The molecule has 0 fully saturated rings. The summed E-state index contributed by atoms with van der Waals surface area (Å²) >= 11 is 0. The zero-order chi connectivity index (χ0) is 15.9. The molecular weight excluding hydrogens is 280 g/mol. The maximum absolute atomic E-state index is 12.3. The number of benzene rings is 1. The monoisotopic (exact) mass is 300 g/mol. The topological polar surface area (TPSA) is 73.4 Å². The number of rotatable bonds is 3. The number of aromatic nitrogens is 1. The van der Waals surface area contributed by atoms with Crippen LogP contribution in [0.3, 0.4) is 0 Å². The van der Waals surface area contributed by atoms with E-state index in [1.54, 1.807) is 18.2 Å². The van der Waals surface area contributed by atoms with Crippen molar-refractivity contribution in [1.82, 2.24) is 9.88 Å². The van der Waals surface area contributed by atoms with Crippen molar-refractivity contribution in [2.45, 2.75) is 33.2 Å². The van der Waals surface area contributed by atoms with Gasteiger partial charge < -0.3 is 15.0 Å². The summed E-state index contributed by atoms with van der Waals surface area (Å²) < 4.78 is 0. The van der Waals surface area contributed by atoms with Gasteiger partial charge in [-0.1, -0.05) is 13.8 Å². The molecule has 0 aliphatic carbocycles. The fourth-order valence-corrected chi connectivity index (χ4v) is 3.04. The molecule has 5 heteroatoms. The number of carboxylic acid groups (broad SMARTS) is 1. The average molecular weight is 300 g/mol. The summed E-state index contributed by atoms with van der Waals surface area (Å²) in [7, 11) is 0. The van der Waals surface area contributed by atoms with Crippen LogP contribution in [0.4, 0.5) is 0 Å². The Morgan fingerprint density at radius 2 is 2.14 bits per heavy atom. The van der Waals surface area contributed by atoms with Crippen LogP contribution in [-0.2, 0) is 17.8 Å². The summed E-state index contributed by atoms with van der Waals surface area (Å²) in [6, 6.07) is 5.11. The van der Waals surface area contributed by atoms with Crippen molar-refractivity contribution in [2.24, 2.45) is 5.92 Å². The molecule has 5 nitrogen and oxygen atoms in total. The molecule has 2 heterocycles. The molecule has 0 saturated carbocycles. The minimum Gasteiger partial charge on any atom is -0.478 e. The first-order chi connectivity index (χ1) is 10.5. The zero-order valence-corrected chi connectivity index (χ0v) is 12.8. The Morgan fingerprint density at radius 3 is 2.82 bits per heavy atom. The van der Waals surface area contributed by atoms with Crippen molar-refractivity contribution in [3.8, 4) is 0 Å². The van der Waals surface area contributed by atoms with Gasteiger partial charge in [0, 0.05) is 48.1 Å². The number of carbonyl (C=O) groups is 2. The van der Waals surface area contributed by atoms with Crippen LogP contribution in [0, 0.1) is 5.92 Å².